The van der Waals surface area contributed by atoms with Crippen LogP contribution in [-0.4, -0.2) is 17.3 Å². The number of aryl methyl sites for hydroxylation is 1. The summed E-state index contributed by atoms with van der Waals surface area (Å²) in [6.45, 7) is 2.02. The molecule has 1 aromatic heterocycles. The van der Waals surface area contributed by atoms with Gasteiger partial charge in [-0.15, -0.1) is 0 Å². The zero-order valence-corrected chi connectivity index (χ0v) is 10.5. The van der Waals surface area contributed by atoms with Gasteiger partial charge in [-0.3, -0.25) is 4.79 Å². The van der Waals surface area contributed by atoms with E-state index in [0.29, 0.717) is 12.3 Å². The highest BCUT2D eigenvalue weighted by molar-refractivity contribution is 7.99. The number of Topliss-reactive ketones (excluding diaryl/α,β-unsaturated/α-hetero) is 1. The Morgan fingerprint density at radius 1 is 1.50 bits per heavy atom. The molecular formula is C13H18O2S. The lowest BCUT2D eigenvalue weighted by Gasteiger charge is -2.20. The van der Waals surface area contributed by atoms with Gasteiger partial charge in [-0.2, -0.15) is 11.8 Å². The molecule has 0 N–H and O–H groups in total. The Labute approximate surface area is 101 Å². The van der Waals surface area contributed by atoms with Crippen LogP contribution < -0.4 is 0 Å². The van der Waals surface area contributed by atoms with E-state index in [9.17, 15) is 4.79 Å². The molecule has 0 bridgehead atoms. The van der Waals surface area contributed by atoms with E-state index in [4.69, 9.17) is 4.42 Å². The lowest BCUT2D eigenvalue weighted by Crippen LogP contribution is -2.14. The number of ketones is 1. The van der Waals surface area contributed by atoms with Gasteiger partial charge < -0.3 is 4.42 Å². The molecule has 2 rings (SSSR count). The van der Waals surface area contributed by atoms with E-state index in [0.717, 1.165) is 17.7 Å². The van der Waals surface area contributed by atoms with Crippen LogP contribution in [0, 0.1) is 5.92 Å². The Bertz CT molecular complexity index is 351. The number of hydrogen-bond acceptors (Lipinski definition) is 3. The predicted molar refractivity (Wildman–Crippen MR) is 67.1 cm³/mol. The maximum atomic E-state index is 12.1. The van der Waals surface area contributed by atoms with Crippen LogP contribution in [0.15, 0.2) is 16.7 Å². The molecule has 1 aromatic rings. The van der Waals surface area contributed by atoms with Crippen LogP contribution in [0.4, 0.5) is 0 Å². The third kappa shape index (κ3) is 2.70. The van der Waals surface area contributed by atoms with Gasteiger partial charge in [0.05, 0.1) is 11.8 Å². The van der Waals surface area contributed by atoms with Gasteiger partial charge in [-0.05, 0) is 36.3 Å². The molecule has 0 spiro atoms. The van der Waals surface area contributed by atoms with Crippen molar-refractivity contribution in [1.29, 1.82) is 0 Å². The number of rotatable bonds is 4. The van der Waals surface area contributed by atoms with Crippen molar-refractivity contribution in [2.45, 2.75) is 32.6 Å². The van der Waals surface area contributed by atoms with Crippen molar-refractivity contribution >= 4 is 17.5 Å². The summed E-state index contributed by atoms with van der Waals surface area (Å²) < 4.78 is 5.30. The predicted octanol–water partition coefficient (Wildman–Crippen LogP) is 3.56. The quantitative estimate of drug-likeness (QED) is 0.751. The largest absolute Gasteiger partial charge is 0.469 e. The molecule has 1 fully saturated rings. The van der Waals surface area contributed by atoms with Gasteiger partial charge in [0, 0.05) is 12.8 Å². The normalized spacial score (nSPS) is 17.6. The highest BCUT2D eigenvalue weighted by Gasteiger charge is 2.20. The van der Waals surface area contributed by atoms with Crippen LogP contribution in [0.1, 0.15) is 42.3 Å². The minimum atomic E-state index is 0.266. The van der Waals surface area contributed by atoms with Gasteiger partial charge in [0.2, 0.25) is 0 Å². The maximum absolute atomic E-state index is 12.1. The summed E-state index contributed by atoms with van der Waals surface area (Å²) in [6.07, 6.45) is 5.51. The van der Waals surface area contributed by atoms with E-state index in [2.05, 4.69) is 0 Å². The highest BCUT2D eigenvalue weighted by Crippen LogP contribution is 2.27. The summed E-state index contributed by atoms with van der Waals surface area (Å²) in [5.74, 6) is 4.12. The maximum Gasteiger partial charge on any atom is 0.166 e. The Morgan fingerprint density at radius 2 is 2.25 bits per heavy atom. The monoisotopic (exact) mass is 238 g/mol. The molecule has 88 valence electrons. The van der Waals surface area contributed by atoms with Gasteiger partial charge in [0.25, 0.3) is 0 Å². The van der Waals surface area contributed by atoms with E-state index >= 15 is 0 Å². The molecule has 1 saturated heterocycles. The number of hydrogen-bond donors (Lipinski definition) is 0. The van der Waals surface area contributed by atoms with E-state index < -0.39 is 0 Å². The second-order valence-corrected chi connectivity index (χ2v) is 5.52. The first-order valence-electron chi connectivity index (χ1n) is 5.98. The van der Waals surface area contributed by atoms with Gasteiger partial charge in [0.1, 0.15) is 5.76 Å². The lowest BCUT2D eigenvalue weighted by atomic mass is 9.93. The van der Waals surface area contributed by atoms with Crippen LogP contribution in [0.5, 0.6) is 0 Å². The molecule has 2 nitrogen and oxygen atoms in total. The summed E-state index contributed by atoms with van der Waals surface area (Å²) in [4.78, 5) is 12.1. The summed E-state index contributed by atoms with van der Waals surface area (Å²) >= 11 is 2.00. The van der Waals surface area contributed by atoms with Crippen molar-refractivity contribution in [3.63, 3.8) is 0 Å². The van der Waals surface area contributed by atoms with Crippen molar-refractivity contribution < 1.29 is 9.21 Å². The smallest absolute Gasteiger partial charge is 0.166 e. The van der Waals surface area contributed by atoms with Gasteiger partial charge in [-0.1, -0.05) is 6.92 Å². The number of furan rings is 1. The Hall–Kier alpha value is -0.700. The zero-order chi connectivity index (χ0) is 11.4. The summed E-state index contributed by atoms with van der Waals surface area (Å²) in [5, 5.41) is 0. The average Bonchev–Trinajstić information content (AvgIpc) is 2.78. The van der Waals surface area contributed by atoms with Crippen molar-refractivity contribution in [2.75, 3.05) is 11.5 Å². The lowest BCUT2D eigenvalue weighted by molar-refractivity contribution is 0.0957. The molecule has 0 aromatic carbocycles. The summed E-state index contributed by atoms with van der Waals surface area (Å²) in [6, 6.07) is 1.82. The number of carbonyl (C=O) groups is 1. The fourth-order valence-corrected chi connectivity index (χ4v) is 3.39. The molecule has 0 amide bonds. The Kier molecular flexibility index (Phi) is 4.10. The van der Waals surface area contributed by atoms with E-state index in [1.54, 1.807) is 6.26 Å². The fraction of sp³-hybridized carbons (Fsp3) is 0.615. The third-order valence-corrected chi connectivity index (χ3v) is 4.23. The van der Waals surface area contributed by atoms with Crippen molar-refractivity contribution in [3.8, 4) is 0 Å². The molecule has 2 heterocycles. The molecule has 1 aliphatic heterocycles. The zero-order valence-electron chi connectivity index (χ0n) is 9.70. The van der Waals surface area contributed by atoms with Crippen molar-refractivity contribution in [1.82, 2.24) is 0 Å². The molecule has 1 aliphatic rings. The molecule has 0 radical (unpaired) electrons. The molecular weight excluding hydrogens is 220 g/mol. The standard InChI is InChI=1S/C13H18O2S/c1-2-13-11(3-6-15-13)12(14)9-10-4-7-16-8-5-10/h3,6,10H,2,4-5,7-9H2,1H3. The highest BCUT2D eigenvalue weighted by atomic mass is 32.2. The van der Waals surface area contributed by atoms with E-state index in [-0.39, 0.29) is 5.78 Å². The number of thioether (sulfide) groups is 1. The van der Waals surface area contributed by atoms with Gasteiger partial charge in [-0.25, -0.2) is 0 Å². The fourth-order valence-electron chi connectivity index (χ4n) is 2.19. The van der Waals surface area contributed by atoms with Gasteiger partial charge >= 0.3 is 0 Å². The van der Waals surface area contributed by atoms with Crippen LogP contribution in [0.3, 0.4) is 0 Å². The first-order chi connectivity index (χ1) is 7.81. The SMILES string of the molecule is CCc1occc1C(=O)CC1CCSCC1. The van der Waals surface area contributed by atoms with Crippen LogP contribution >= 0.6 is 11.8 Å². The van der Waals surface area contributed by atoms with Crippen LogP contribution in [0.2, 0.25) is 0 Å². The second-order valence-electron chi connectivity index (χ2n) is 4.29. The van der Waals surface area contributed by atoms with Crippen LogP contribution in [-0.2, 0) is 6.42 Å². The van der Waals surface area contributed by atoms with Crippen molar-refractivity contribution in [3.05, 3.63) is 23.7 Å². The Morgan fingerprint density at radius 3 is 2.94 bits per heavy atom. The first kappa shape index (κ1) is 11.8. The second kappa shape index (κ2) is 5.58. The summed E-state index contributed by atoms with van der Waals surface area (Å²) in [7, 11) is 0. The Balaban J connectivity index is 1.96. The van der Waals surface area contributed by atoms with E-state index in [1.165, 1.54) is 24.3 Å². The summed E-state index contributed by atoms with van der Waals surface area (Å²) in [5.41, 5.74) is 0.806. The molecule has 0 atom stereocenters. The van der Waals surface area contributed by atoms with Gasteiger partial charge in [0.15, 0.2) is 5.78 Å². The van der Waals surface area contributed by atoms with Crippen molar-refractivity contribution in [2.24, 2.45) is 5.92 Å². The third-order valence-electron chi connectivity index (χ3n) is 3.18. The average molecular weight is 238 g/mol. The van der Waals surface area contributed by atoms with Crippen LogP contribution in [0.25, 0.3) is 0 Å². The minimum Gasteiger partial charge on any atom is -0.469 e. The first-order valence-corrected chi connectivity index (χ1v) is 7.14. The van der Waals surface area contributed by atoms with E-state index in [1.807, 2.05) is 24.8 Å². The minimum absolute atomic E-state index is 0.266. The molecule has 0 aliphatic carbocycles. The molecule has 16 heavy (non-hydrogen) atoms. The molecule has 0 unspecified atom stereocenters. The molecule has 0 saturated carbocycles. The molecule has 3 heteroatoms. The number of carbonyl (C=O) groups excluding carboxylic acids is 1. The topological polar surface area (TPSA) is 30.2 Å².